The third-order valence-electron chi connectivity index (χ3n) is 4.28. The minimum absolute atomic E-state index is 0.340. The smallest absolute Gasteiger partial charge is 0.356 e. The van der Waals surface area contributed by atoms with E-state index in [0.717, 1.165) is 30.3 Å². The molecule has 0 atom stereocenters. The van der Waals surface area contributed by atoms with Crippen LogP contribution in [0.4, 0.5) is 0 Å². The van der Waals surface area contributed by atoms with Crippen LogP contribution in [0.15, 0.2) is 12.1 Å². The molecule has 0 saturated heterocycles. The lowest BCUT2D eigenvalue weighted by atomic mass is 9.85. The molecular weight excluding hydrogens is 252 g/mol. The second-order valence-electron chi connectivity index (χ2n) is 5.98. The normalized spacial score (nSPS) is 18.6. The number of ether oxygens (including phenoxy) is 1. The Kier molecular flexibility index (Phi) is 4.01. The van der Waals surface area contributed by atoms with Gasteiger partial charge in [-0.1, -0.05) is 6.42 Å². The van der Waals surface area contributed by atoms with Gasteiger partial charge in [0, 0.05) is 18.2 Å². The number of nitrogens with zero attached hydrogens (tertiary/aromatic N) is 1. The van der Waals surface area contributed by atoms with E-state index in [1.165, 1.54) is 39.2 Å². The monoisotopic (exact) mass is 274 g/mol. The summed E-state index contributed by atoms with van der Waals surface area (Å²) in [5.41, 5.74) is 2.63. The highest BCUT2D eigenvalue weighted by Gasteiger charge is 2.26. The van der Waals surface area contributed by atoms with E-state index in [1.807, 2.05) is 6.07 Å². The number of pyridine rings is 1. The van der Waals surface area contributed by atoms with Gasteiger partial charge in [0.2, 0.25) is 0 Å². The molecule has 0 radical (unpaired) electrons. The lowest BCUT2D eigenvalue weighted by Gasteiger charge is -2.25. The summed E-state index contributed by atoms with van der Waals surface area (Å²) < 4.78 is 4.79. The highest BCUT2D eigenvalue weighted by Crippen LogP contribution is 2.39. The number of methoxy groups -OCH3 is 1. The Morgan fingerprint density at radius 1 is 1.35 bits per heavy atom. The summed E-state index contributed by atoms with van der Waals surface area (Å²) in [5, 5.41) is 3.49. The van der Waals surface area contributed by atoms with Gasteiger partial charge >= 0.3 is 5.97 Å². The molecule has 0 unspecified atom stereocenters. The zero-order valence-corrected chi connectivity index (χ0v) is 12.0. The van der Waals surface area contributed by atoms with Crippen LogP contribution in [0.3, 0.4) is 0 Å². The fourth-order valence-electron chi connectivity index (χ4n) is 2.63. The summed E-state index contributed by atoms with van der Waals surface area (Å²) in [5.74, 6) is 1.05. The van der Waals surface area contributed by atoms with Crippen LogP contribution in [0, 0.1) is 5.92 Å². The van der Waals surface area contributed by atoms with E-state index in [0.29, 0.717) is 11.6 Å². The average molecular weight is 274 g/mol. The largest absolute Gasteiger partial charge is 0.464 e. The van der Waals surface area contributed by atoms with Gasteiger partial charge in [0.05, 0.1) is 7.11 Å². The summed E-state index contributed by atoms with van der Waals surface area (Å²) in [7, 11) is 1.41. The molecule has 108 valence electrons. The van der Waals surface area contributed by atoms with Crippen LogP contribution in [0.1, 0.15) is 59.8 Å². The maximum Gasteiger partial charge on any atom is 0.356 e. The first kappa shape index (κ1) is 13.6. The van der Waals surface area contributed by atoms with Gasteiger partial charge in [0.25, 0.3) is 0 Å². The molecule has 0 spiro atoms. The number of aromatic nitrogens is 1. The number of carbonyl (C=O) groups is 1. The number of rotatable bonds is 6. The standard InChI is InChI=1S/C16H22N2O2/c1-20-16(19)15-8-12(7-14(18-15)13-5-6-13)10-17-9-11-3-2-4-11/h7-8,11,13,17H,2-6,9-10H2,1H3. The van der Waals surface area contributed by atoms with Gasteiger partial charge in [-0.05, 0) is 55.8 Å². The Morgan fingerprint density at radius 3 is 2.75 bits per heavy atom. The van der Waals surface area contributed by atoms with E-state index in [2.05, 4.69) is 16.4 Å². The molecular formula is C16H22N2O2. The lowest BCUT2D eigenvalue weighted by Crippen LogP contribution is -2.27. The van der Waals surface area contributed by atoms with Crippen molar-refractivity contribution < 1.29 is 9.53 Å². The number of carbonyl (C=O) groups excluding carboxylic acids is 1. The predicted molar refractivity (Wildman–Crippen MR) is 76.6 cm³/mol. The van der Waals surface area contributed by atoms with Crippen molar-refractivity contribution in [3.05, 3.63) is 29.1 Å². The molecule has 2 fully saturated rings. The van der Waals surface area contributed by atoms with Gasteiger partial charge in [-0.25, -0.2) is 9.78 Å². The van der Waals surface area contributed by atoms with Crippen LogP contribution >= 0.6 is 0 Å². The van der Waals surface area contributed by atoms with Crippen molar-refractivity contribution in [3.8, 4) is 0 Å². The first-order valence-corrected chi connectivity index (χ1v) is 7.56. The fourth-order valence-corrected chi connectivity index (χ4v) is 2.63. The Hall–Kier alpha value is -1.42. The zero-order chi connectivity index (χ0) is 13.9. The highest BCUT2D eigenvalue weighted by atomic mass is 16.5. The zero-order valence-electron chi connectivity index (χ0n) is 12.0. The molecule has 2 saturated carbocycles. The van der Waals surface area contributed by atoms with Crippen molar-refractivity contribution in [2.24, 2.45) is 5.92 Å². The van der Waals surface area contributed by atoms with Crippen LogP contribution in [-0.2, 0) is 11.3 Å². The molecule has 0 aliphatic heterocycles. The third-order valence-corrected chi connectivity index (χ3v) is 4.28. The van der Waals surface area contributed by atoms with Crippen molar-refractivity contribution in [1.82, 2.24) is 10.3 Å². The van der Waals surface area contributed by atoms with E-state index in [4.69, 9.17) is 4.74 Å². The molecule has 3 rings (SSSR count). The minimum Gasteiger partial charge on any atom is -0.464 e. The summed E-state index contributed by atoms with van der Waals surface area (Å²) >= 11 is 0. The van der Waals surface area contributed by atoms with Crippen molar-refractivity contribution in [2.45, 2.75) is 44.6 Å². The maximum absolute atomic E-state index is 11.7. The van der Waals surface area contributed by atoms with Crippen LogP contribution in [-0.4, -0.2) is 24.6 Å². The molecule has 1 aromatic heterocycles. The number of esters is 1. The molecule has 2 aliphatic carbocycles. The fraction of sp³-hybridized carbons (Fsp3) is 0.625. The minimum atomic E-state index is -0.340. The van der Waals surface area contributed by atoms with Crippen molar-refractivity contribution in [3.63, 3.8) is 0 Å². The summed E-state index contributed by atoms with van der Waals surface area (Å²) in [6, 6.07) is 3.99. The number of hydrogen-bond acceptors (Lipinski definition) is 4. The summed E-state index contributed by atoms with van der Waals surface area (Å²) in [6.45, 7) is 1.89. The topological polar surface area (TPSA) is 51.2 Å². The second-order valence-corrected chi connectivity index (χ2v) is 5.98. The van der Waals surface area contributed by atoms with E-state index >= 15 is 0 Å². The van der Waals surface area contributed by atoms with Crippen molar-refractivity contribution in [2.75, 3.05) is 13.7 Å². The molecule has 1 heterocycles. The van der Waals surface area contributed by atoms with Crippen molar-refractivity contribution >= 4 is 5.97 Å². The number of nitrogens with one attached hydrogen (secondary N) is 1. The molecule has 0 bridgehead atoms. The average Bonchev–Trinajstić information content (AvgIpc) is 3.25. The molecule has 4 heteroatoms. The predicted octanol–water partition coefficient (Wildman–Crippen LogP) is 2.64. The molecule has 2 aliphatic rings. The number of hydrogen-bond donors (Lipinski definition) is 1. The van der Waals surface area contributed by atoms with Gasteiger partial charge in [-0.2, -0.15) is 0 Å². The highest BCUT2D eigenvalue weighted by molar-refractivity contribution is 5.87. The first-order chi connectivity index (χ1) is 9.76. The quantitative estimate of drug-likeness (QED) is 0.810. The van der Waals surface area contributed by atoms with E-state index in [1.54, 1.807) is 0 Å². The van der Waals surface area contributed by atoms with Crippen LogP contribution in [0.2, 0.25) is 0 Å². The van der Waals surface area contributed by atoms with Gasteiger partial charge in [-0.3, -0.25) is 0 Å². The molecule has 0 aromatic carbocycles. The molecule has 4 nitrogen and oxygen atoms in total. The Morgan fingerprint density at radius 2 is 2.15 bits per heavy atom. The van der Waals surface area contributed by atoms with Gasteiger partial charge in [0.15, 0.2) is 0 Å². The molecule has 1 N–H and O–H groups in total. The van der Waals surface area contributed by atoms with E-state index in [-0.39, 0.29) is 5.97 Å². The second kappa shape index (κ2) is 5.92. The maximum atomic E-state index is 11.7. The van der Waals surface area contributed by atoms with Gasteiger partial charge in [-0.15, -0.1) is 0 Å². The van der Waals surface area contributed by atoms with Crippen LogP contribution in [0.5, 0.6) is 0 Å². The van der Waals surface area contributed by atoms with Crippen molar-refractivity contribution in [1.29, 1.82) is 0 Å². The van der Waals surface area contributed by atoms with E-state index < -0.39 is 0 Å². The molecule has 20 heavy (non-hydrogen) atoms. The van der Waals surface area contributed by atoms with E-state index in [9.17, 15) is 4.79 Å². The molecule has 0 amide bonds. The van der Waals surface area contributed by atoms with Crippen LogP contribution in [0.25, 0.3) is 0 Å². The van der Waals surface area contributed by atoms with Gasteiger partial charge < -0.3 is 10.1 Å². The third kappa shape index (κ3) is 3.18. The summed E-state index contributed by atoms with van der Waals surface area (Å²) in [4.78, 5) is 16.1. The van der Waals surface area contributed by atoms with Crippen LogP contribution < -0.4 is 5.32 Å². The Bertz CT molecular complexity index is 493. The Labute approximate surface area is 119 Å². The SMILES string of the molecule is COC(=O)c1cc(CNCC2CCC2)cc(C2CC2)n1. The molecule has 1 aromatic rings. The first-order valence-electron chi connectivity index (χ1n) is 7.56. The lowest BCUT2D eigenvalue weighted by molar-refractivity contribution is 0.0593. The summed E-state index contributed by atoms with van der Waals surface area (Å²) in [6.07, 6.45) is 6.45. The Balaban J connectivity index is 1.67. The van der Waals surface area contributed by atoms with Gasteiger partial charge in [0.1, 0.15) is 5.69 Å².